The Bertz CT molecular complexity index is 698. The average Bonchev–Trinajstić information content (AvgIpc) is 2.40. The lowest BCUT2D eigenvalue weighted by molar-refractivity contribution is -0.0498. The van der Waals surface area contributed by atoms with Gasteiger partial charge >= 0.3 is 6.61 Å². The molecule has 0 radical (unpaired) electrons. The molecule has 0 heterocycles. The molecule has 0 atom stereocenters. The number of ether oxygens (including phenoxy) is 1. The molecule has 0 unspecified atom stereocenters. The van der Waals surface area contributed by atoms with E-state index >= 15 is 0 Å². The van der Waals surface area contributed by atoms with Gasteiger partial charge in [-0.25, -0.2) is 8.42 Å². The van der Waals surface area contributed by atoms with Crippen LogP contribution in [-0.2, 0) is 10.0 Å². The molecule has 0 saturated carbocycles. The summed E-state index contributed by atoms with van der Waals surface area (Å²) in [5, 5.41) is 0. The summed E-state index contributed by atoms with van der Waals surface area (Å²) in [7, 11) is -3.70. The lowest BCUT2D eigenvalue weighted by Crippen LogP contribution is -2.12. The van der Waals surface area contributed by atoms with Crippen molar-refractivity contribution in [1.29, 1.82) is 0 Å². The Hall–Kier alpha value is -2.15. The van der Waals surface area contributed by atoms with E-state index in [4.69, 9.17) is 0 Å². The van der Waals surface area contributed by atoms with Crippen molar-refractivity contribution in [2.24, 2.45) is 0 Å². The maximum absolute atomic E-state index is 12.1. The van der Waals surface area contributed by atoms with Crippen molar-refractivity contribution in [3.63, 3.8) is 0 Å². The molecular weight excluding hydrogens is 300 g/mol. The molecule has 0 fully saturated rings. The Labute approximate surface area is 121 Å². The largest absolute Gasteiger partial charge is 0.435 e. The highest BCUT2D eigenvalue weighted by atomic mass is 32.2. The topological polar surface area (TPSA) is 55.4 Å². The van der Waals surface area contributed by atoms with Gasteiger partial charge in [0.2, 0.25) is 0 Å². The fourth-order valence-corrected chi connectivity index (χ4v) is 2.69. The van der Waals surface area contributed by atoms with Crippen LogP contribution < -0.4 is 9.46 Å². The molecule has 0 aliphatic heterocycles. The van der Waals surface area contributed by atoms with Crippen LogP contribution in [0.25, 0.3) is 0 Å². The fraction of sp³-hybridized carbons (Fsp3) is 0.143. The van der Waals surface area contributed by atoms with E-state index in [2.05, 4.69) is 9.46 Å². The van der Waals surface area contributed by atoms with E-state index in [1.165, 1.54) is 36.4 Å². The van der Waals surface area contributed by atoms with E-state index in [0.717, 1.165) is 5.56 Å². The number of alkyl halides is 2. The Kier molecular flexibility index (Phi) is 4.42. The van der Waals surface area contributed by atoms with E-state index in [9.17, 15) is 17.2 Å². The Balaban J connectivity index is 2.15. The first-order valence-electron chi connectivity index (χ1n) is 6.01. The van der Waals surface area contributed by atoms with Crippen molar-refractivity contribution >= 4 is 15.7 Å². The molecule has 1 N–H and O–H groups in total. The quantitative estimate of drug-likeness (QED) is 0.920. The van der Waals surface area contributed by atoms with Gasteiger partial charge in [0.15, 0.2) is 0 Å². The van der Waals surface area contributed by atoms with Gasteiger partial charge in [0.25, 0.3) is 10.0 Å². The maximum atomic E-state index is 12.1. The molecule has 2 aromatic rings. The van der Waals surface area contributed by atoms with Gasteiger partial charge in [-0.1, -0.05) is 17.7 Å². The molecule has 4 nitrogen and oxygen atoms in total. The second kappa shape index (κ2) is 6.09. The Morgan fingerprint density at radius 3 is 2.10 bits per heavy atom. The lowest BCUT2D eigenvalue weighted by Gasteiger charge is -2.09. The molecule has 7 heteroatoms. The molecule has 2 aromatic carbocycles. The van der Waals surface area contributed by atoms with Gasteiger partial charge in [-0.3, -0.25) is 4.72 Å². The SMILES string of the molecule is Cc1ccc(S(=O)(=O)Nc2ccc(OC(F)F)cc2)cc1. The first kappa shape index (κ1) is 15.2. The van der Waals surface area contributed by atoms with E-state index in [1.54, 1.807) is 12.1 Å². The lowest BCUT2D eigenvalue weighted by atomic mass is 10.2. The molecule has 112 valence electrons. The summed E-state index contributed by atoms with van der Waals surface area (Å²) in [4.78, 5) is 0.126. The normalized spacial score (nSPS) is 11.4. The van der Waals surface area contributed by atoms with Gasteiger partial charge < -0.3 is 4.74 Å². The molecule has 0 aliphatic rings. The van der Waals surface area contributed by atoms with E-state index in [0.29, 0.717) is 0 Å². The summed E-state index contributed by atoms with van der Waals surface area (Å²) in [6.45, 7) is -1.06. The number of benzene rings is 2. The van der Waals surface area contributed by atoms with Crippen LogP contribution in [0, 0.1) is 6.92 Å². The number of rotatable bonds is 5. The number of hydrogen-bond acceptors (Lipinski definition) is 3. The first-order chi connectivity index (χ1) is 9.87. The number of halogens is 2. The van der Waals surface area contributed by atoms with Crippen LogP contribution in [0.15, 0.2) is 53.4 Å². The molecule has 0 aromatic heterocycles. The van der Waals surface area contributed by atoms with Crippen molar-refractivity contribution in [3.05, 3.63) is 54.1 Å². The number of sulfonamides is 1. The zero-order valence-electron chi connectivity index (χ0n) is 11.1. The van der Waals surface area contributed by atoms with E-state index in [1.807, 2.05) is 6.92 Å². The zero-order valence-corrected chi connectivity index (χ0v) is 11.9. The minimum Gasteiger partial charge on any atom is -0.435 e. The summed E-state index contributed by atoms with van der Waals surface area (Å²) in [6, 6.07) is 11.6. The standard InChI is InChI=1S/C14H13F2NO3S/c1-10-2-8-13(9-3-10)21(18,19)17-11-4-6-12(7-5-11)20-14(15)16/h2-9,14,17H,1H3. The van der Waals surface area contributed by atoms with Crippen LogP contribution >= 0.6 is 0 Å². The van der Waals surface area contributed by atoms with Crippen LogP contribution in [0.4, 0.5) is 14.5 Å². The average molecular weight is 313 g/mol. The number of aryl methyl sites for hydroxylation is 1. The van der Waals surface area contributed by atoms with Gasteiger partial charge in [0.1, 0.15) is 5.75 Å². The highest BCUT2D eigenvalue weighted by molar-refractivity contribution is 7.92. The van der Waals surface area contributed by atoms with Gasteiger partial charge in [-0.15, -0.1) is 0 Å². The Morgan fingerprint density at radius 1 is 1.00 bits per heavy atom. The smallest absolute Gasteiger partial charge is 0.387 e. The van der Waals surface area contributed by atoms with Crippen molar-refractivity contribution in [3.8, 4) is 5.75 Å². The fourth-order valence-electron chi connectivity index (χ4n) is 1.64. The second-order valence-corrected chi connectivity index (χ2v) is 6.00. The van der Waals surface area contributed by atoms with Crippen molar-refractivity contribution in [1.82, 2.24) is 0 Å². The molecule has 0 spiro atoms. The number of hydrogen-bond donors (Lipinski definition) is 1. The highest BCUT2D eigenvalue weighted by Crippen LogP contribution is 2.20. The Morgan fingerprint density at radius 2 is 1.57 bits per heavy atom. The second-order valence-electron chi connectivity index (χ2n) is 4.32. The number of anilines is 1. The predicted molar refractivity (Wildman–Crippen MR) is 75.1 cm³/mol. The minimum atomic E-state index is -3.70. The van der Waals surface area contributed by atoms with E-state index in [-0.39, 0.29) is 16.3 Å². The van der Waals surface area contributed by atoms with Crippen LogP contribution in [0.3, 0.4) is 0 Å². The molecule has 0 amide bonds. The summed E-state index contributed by atoms with van der Waals surface area (Å²) in [6.07, 6.45) is 0. The maximum Gasteiger partial charge on any atom is 0.387 e. The third-order valence-corrected chi connectivity index (χ3v) is 4.06. The first-order valence-corrected chi connectivity index (χ1v) is 7.49. The molecule has 2 rings (SSSR count). The van der Waals surface area contributed by atoms with Crippen LogP contribution in [0.1, 0.15) is 5.56 Å². The highest BCUT2D eigenvalue weighted by Gasteiger charge is 2.14. The van der Waals surface area contributed by atoms with Crippen molar-refractivity contribution in [2.75, 3.05) is 4.72 Å². The van der Waals surface area contributed by atoms with Gasteiger partial charge in [-0.05, 0) is 43.3 Å². The summed E-state index contributed by atoms with van der Waals surface area (Å²) in [5.74, 6) is -0.0386. The predicted octanol–water partition coefficient (Wildman–Crippen LogP) is 3.40. The van der Waals surface area contributed by atoms with Gasteiger partial charge in [0.05, 0.1) is 4.90 Å². The summed E-state index contributed by atoms with van der Waals surface area (Å²) >= 11 is 0. The van der Waals surface area contributed by atoms with Crippen LogP contribution in [-0.4, -0.2) is 15.0 Å². The van der Waals surface area contributed by atoms with Crippen LogP contribution in [0.5, 0.6) is 5.75 Å². The van der Waals surface area contributed by atoms with Crippen molar-refractivity contribution < 1.29 is 21.9 Å². The molecule has 0 saturated heterocycles. The molecule has 21 heavy (non-hydrogen) atoms. The third-order valence-electron chi connectivity index (χ3n) is 2.66. The van der Waals surface area contributed by atoms with E-state index < -0.39 is 16.6 Å². The summed E-state index contributed by atoms with van der Waals surface area (Å²) < 4.78 is 54.8. The summed E-state index contributed by atoms with van der Waals surface area (Å²) in [5.41, 5.74) is 1.21. The van der Waals surface area contributed by atoms with Gasteiger partial charge in [0, 0.05) is 5.69 Å². The monoisotopic (exact) mass is 313 g/mol. The number of nitrogens with one attached hydrogen (secondary N) is 1. The molecule has 0 aliphatic carbocycles. The molecular formula is C14H13F2NO3S. The third kappa shape index (κ3) is 4.16. The minimum absolute atomic E-state index is 0.0386. The molecule has 0 bridgehead atoms. The van der Waals surface area contributed by atoms with Gasteiger partial charge in [-0.2, -0.15) is 8.78 Å². The van der Waals surface area contributed by atoms with Crippen LogP contribution in [0.2, 0.25) is 0 Å². The van der Waals surface area contributed by atoms with Crippen molar-refractivity contribution in [2.45, 2.75) is 18.4 Å². The zero-order chi connectivity index (χ0) is 15.5.